The quantitative estimate of drug-likeness (QED) is 0.296. The van der Waals surface area contributed by atoms with Gasteiger partial charge in [0.25, 0.3) is 0 Å². The minimum absolute atomic E-state index is 0.290. The predicted molar refractivity (Wildman–Crippen MR) is 52.9 cm³/mol. The minimum Gasteiger partial charge on any atom is -0.409 e. The molecule has 4 nitrogen and oxygen atoms in total. The van der Waals surface area contributed by atoms with Crippen LogP contribution in [0.2, 0.25) is 0 Å². The van der Waals surface area contributed by atoms with Crippen LogP contribution in [-0.2, 0) is 0 Å². The molecule has 0 aromatic carbocycles. The molecule has 0 atom stereocenters. The van der Waals surface area contributed by atoms with E-state index in [0.29, 0.717) is 5.84 Å². The number of piperidine rings is 1. The summed E-state index contributed by atoms with van der Waals surface area (Å²) >= 11 is 0. The first-order chi connectivity index (χ1) is 6.27. The third-order valence-electron chi connectivity index (χ3n) is 2.66. The molecule has 0 amide bonds. The van der Waals surface area contributed by atoms with Gasteiger partial charge in [0.05, 0.1) is 0 Å². The number of nitrogens with zero attached hydrogens (tertiary/aromatic N) is 2. The zero-order valence-electron chi connectivity index (χ0n) is 8.24. The first-order valence-corrected chi connectivity index (χ1v) is 4.97. The van der Waals surface area contributed by atoms with Gasteiger partial charge in [-0.05, 0) is 38.9 Å². The largest absolute Gasteiger partial charge is 0.409 e. The van der Waals surface area contributed by atoms with Crippen molar-refractivity contribution >= 4 is 5.84 Å². The van der Waals surface area contributed by atoms with E-state index in [2.05, 4.69) is 17.0 Å². The molecule has 1 aliphatic heterocycles. The first-order valence-electron chi connectivity index (χ1n) is 4.97. The predicted octanol–water partition coefficient (Wildman–Crippen LogP) is 0.855. The van der Waals surface area contributed by atoms with Crippen LogP contribution in [0.3, 0.4) is 0 Å². The van der Waals surface area contributed by atoms with Gasteiger partial charge in [-0.25, -0.2) is 0 Å². The van der Waals surface area contributed by atoms with E-state index >= 15 is 0 Å². The molecule has 0 spiro atoms. The van der Waals surface area contributed by atoms with E-state index in [9.17, 15) is 0 Å². The molecular formula is C9H19N3O. The van der Waals surface area contributed by atoms with Gasteiger partial charge in [0.1, 0.15) is 5.84 Å². The Kier molecular flexibility index (Phi) is 4.02. The van der Waals surface area contributed by atoms with Crippen LogP contribution in [0.4, 0.5) is 0 Å². The number of likely N-dealkylation sites (tertiary alicyclic amines) is 1. The summed E-state index contributed by atoms with van der Waals surface area (Å²) in [5, 5.41) is 11.6. The standard InChI is InChI=1S/C9H19N3O/c1-2-5-12-6-3-8(4-7-12)9(10)11-13/h8,13H,2-7H2,1H3,(H2,10,11). The maximum Gasteiger partial charge on any atom is 0.142 e. The zero-order chi connectivity index (χ0) is 9.68. The van der Waals surface area contributed by atoms with Crippen LogP contribution in [0.1, 0.15) is 26.2 Å². The van der Waals surface area contributed by atoms with Crippen molar-refractivity contribution in [2.24, 2.45) is 16.8 Å². The fourth-order valence-corrected chi connectivity index (χ4v) is 1.85. The van der Waals surface area contributed by atoms with Crippen LogP contribution in [-0.4, -0.2) is 35.6 Å². The van der Waals surface area contributed by atoms with E-state index in [4.69, 9.17) is 10.9 Å². The van der Waals surface area contributed by atoms with Crippen LogP contribution in [0.25, 0.3) is 0 Å². The monoisotopic (exact) mass is 185 g/mol. The van der Waals surface area contributed by atoms with E-state index in [1.165, 1.54) is 13.0 Å². The van der Waals surface area contributed by atoms with Crippen molar-refractivity contribution in [3.63, 3.8) is 0 Å². The summed E-state index contributed by atoms with van der Waals surface area (Å²) in [5.41, 5.74) is 5.55. The second-order valence-corrected chi connectivity index (χ2v) is 3.64. The topological polar surface area (TPSA) is 61.8 Å². The summed E-state index contributed by atoms with van der Waals surface area (Å²) in [6.45, 7) is 5.52. The van der Waals surface area contributed by atoms with E-state index in [1.807, 2.05) is 0 Å². The van der Waals surface area contributed by atoms with Gasteiger partial charge in [-0.1, -0.05) is 12.1 Å². The molecule has 13 heavy (non-hydrogen) atoms. The van der Waals surface area contributed by atoms with E-state index in [0.717, 1.165) is 25.9 Å². The molecule has 1 heterocycles. The lowest BCUT2D eigenvalue weighted by atomic mass is 9.96. The molecule has 0 saturated carbocycles. The highest BCUT2D eigenvalue weighted by Crippen LogP contribution is 2.16. The lowest BCUT2D eigenvalue weighted by Crippen LogP contribution is -2.38. The SMILES string of the molecule is CCCN1CCC(C(N)=NO)CC1. The number of oxime groups is 1. The van der Waals surface area contributed by atoms with E-state index in [1.54, 1.807) is 0 Å². The van der Waals surface area contributed by atoms with Crippen LogP contribution in [0.15, 0.2) is 5.16 Å². The van der Waals surface area contributed by atoms with Crippen molar-refractivity contribution in [1.29, 1.82) is 0 Å². The Bertz CT molecular complexity index is 174. The van der Waals surface area contributed by atoms with Crippen molar-refractivity contribution in [3.8, 4) is 0 Å². The molecule has 76 valence electrons. The van der Waals surface area contributed by atoms with Crippen molar-refractivity contribution in [2.45, 2.75) is 26.2 Å². The normalized spacial score (nSPS) is 22.1. The van der Waals surface area contributed by atoms with E-state index < -0.39 is 0 Å². The molecule has 0 unspecified atom stereocenters. The lowest BCUT2D eigenvalue weighted by molar-refractivity contribution is 0.206. The first kappa shape index (κ1) is 10.3. The summed E-state index contributed by atoms with van der Waals surface area (Å²) in [6, 6.07) is 0. The van der Waals surface area contributed by atoms with Crippen molar-refractivity contribution in [1.82, 2.24) is 4.90 Å². The second kappa shape index (κ2) is 5.07. The van der Waals surface area contributed by atoms with Crippen LogP contribution in [0, 0.1) is 5.92 Å². The Labute approximate surface area is 79.4 Å². The summed E-state index contributed by atoms with van der Waals surface area (Å²) in [5.74, 6) is 0.689. The number of amidine groups is 1. The van der Waals surface area contributed by atoms with Gasteiger partial charge in [-0.2, -0.15) is 0 Å². The van der Waals surface area contributed by atoms with Crippen LogP contribution < -0.4 is 5.73 Å². The Morgan fingerprint density at radius 2 is 2.15 bits per heavy atom. The molecule has 1 aliphatic rings. The molecule has 0 aromatic rings. The lowest BCUT2D eigenvalue weighted by Gasteiger charge is -2.30. The Balaban J connectivity index is 2.30. The Hall–Kier alpha value is -0.770. The van der Waals surface area contributed by atoms with Gasteiger partial charge in [0, 0.05) is 5.92 Å². The smallest absolute Gasteiger partial charge is 0.142 e. The Morgan fingerprint density at radius 1 is 1.54 bits per heavy atom. The maximum atomic E-state index is 8.51. The molecule has 0 bridgehead atoms. The maximum absolute atomic E-state index is 8.51. The fraction of sp³-hybridized carbons (Fsp3) is 0.889. The molecule has 1 saturated heterocycles. The molecule has 0 aliphatic carbocycles. The third kappa shape index (κ3) is 2.88. The average molecular weight is 185 g/mol. The second-order valence-electron chi connectivity index (χ2n) is 3.64. The molecule has 0 aromatic heterocycles. The molecule has 1 rings (SSSR count). The van der Waals surface area contributed by atoms with E-state index in [-0.39, 0.29) is 5.92 Å². The molecule has 1 fully saturated rings. The highest BCUT2D eigenvalue weighted by molar-refractivity contribution is 5.82. The molecular weight excluding hydrogens is 166 g/mol. The summed E-state index contributed by atoms with van der Waals surface area (Å²) in [7, 11) is 0. The van der Waals surface area contributed by atoms with Gasteiger partial charge in [-0.15, -0.1) is 0 Å². The van der Waals surface area contributed by atoms with Gasteiger partial charge in [0.15, 0.2) is 0 Å². The highest BCUT2D eigenvalue weighted by Gasteiger charge is 2.21. The molecule has 0 radical (unpaired) electrons. The van der Waals surface area contributed by atoms with Crippen molar-refractivity contribution in [2.75, 3.05) is 19.6 Å². The fourth-order valence-electron chi connectivity index (χ4n) is 1.85. The number of nitrogens with two attached hydrogens (primary N) is 1. The Morgan fingerprint density at radius 3 is 2.62 bits per heavy atom. The molecule has 3 N–H and O–H groups in total. The van der Waals surface area contributed by atoms with Gasteiger partial charge < -0.3 is 15.8 Å². The van der Waals surface area contributed by atoms with Crippen LogP contribution in [0.5, 0.6) is 0 Å². The third-order valence-corrected chi connectivity index (χ3v) is 2.66. The highest BCUT2D eigenvalue weighted by atomic mass is 16.4. The van der Waals surface area contributed by atoms with Gasteiger partial charge >= 0.3 is 0 Å². The number of rotatable bonds is 3. The van der Waals surface area contributed by atoms with Gasteiger partial charge in [-0.3, -0.25) is 0 Å². The van der Waals surface area contributed by atoms with Crippen molar-refractivity contribution in [3.05, 3.63) is 0 Å². The minimum atomic E-state index is 0.290. The van der Waals surface area contributed by atoms with Crippen LogP contribution >= 0.6 is 0 Å². The number of hydrogen-bond donors (Lipinski definition) is 2. The van der Waals surface area contributed by atoms with Gasteiger partial charge in [0.2, 0.25) is 0 Å². The number of hydrogen-bond acceptors (Lipinski definition) is 3. The molecule has 4 heteroatoms. The summed E-state index contributed by atoms with van der Waals surface area (Å²) in [6.07, 6.45) is 3.25. The average Bonchev–Trinajstić information content (AvgIpc) is 2.18. The zero-order valence-corrected chi connectivity index (χ0v) is 8.24. The summed E-state index contributed by atoms with van der Waals surface area (Å²) in [4.78, 5) is 2.43. The summed E-state index contributed by atoms with van der Waals surface area (Å²) < 4.78 is 0. The van der Waals surface area contributed by atoms with Crippen molar-refractivity contribution < 1.29 is 5.21 Å².